The minimum Gasteiger partial charge on any atom is -0.0622 e. The third-order valence-corrected chi connectivity index (χ3v) is 5.64. The molecule has 0 aliphatic carbocycles. The molecule has 6 rings (SSSR count). The second kappa shape index (κ2) is 15.8. The van der Waals surface area contributed by atoms with Crippen molar-refractivity contribution >= 4 is 0 Å². The van der Waals surface area contributed by atoms with Gasteiger partial charge in [0.25, 0.3) is 0 Å². The van der Waals surface area contributed by atoms with Crippen LogP contribution in [0.5, 0.6) is 0 Å². The van der Waals surface area contributed by atoms with Crippen LogP contribution in [0.2, 0.25) is 0 Å². The third-order valence-electron chi connectivity index (χ3n) is 5.64. The Hall–Kier alpha value is -4.06. The van der Waals surface area contributed by atoms with E-state index in [1.54, 1.807) is 0 Å². The van der Waals surface area contributed by atoms with Crippen LogP contribution in [0.15, 0.2) is 182 Å². The largest absolute Gasteiger partial charge is 0.0622 e. The maximum Gasteiger partial charge on any atom is 0 e. The van der Waals surface area contributed by atoms with E-state index in [0.717, 1.165) is 0 Å². The maximum absolute atomic E-state index is 2.12. The number of hydrogen-bond donors (Lipinski definition) is 0. The second-order valence-corrected chi connectivity index (χ2v) is 8.20. The molecule has 0 radical (unpaired) electrons. The van der Waals surface area contributed by atoms with E-state index >= 15 is 0 Å². The first kappa shape index (κ1) is 27.5. The van der Waals surface area contributed by atoms with Crippen molar-refractivity contribution in [2.45, 2.75) is 0 Å². The summed E-state index contributed by atoms with van der Waals surface area (Å²) in [5.74, 6) is 0. The molecule has 0 aromatic heterocycles. The second-order valence-electron chi connectivity index (χ2n) is 8.20. The summed E-state index contributed by atoms with van der Waals surface area (Å²) in [4.78, 5) is 0. The van der Waals surface area contributed by atoms with Crippen LogP contribution in [0, 0.1) is 0 Å². The topological polar surface area (TPSA) is 0 Å². The third kappa shape index (κ3) is 9.15. The molecule has 0 aliphatic heterocycles. The summed E-state index contributed by atoms with van der Waals surface area (Å²) < 4.78 is 0. The molecule has 6 aromatic rings. The molecule has 0 unspecified atom stereocenters. The Labute approximate surface area is 234 Å². The molecule has 0 atom stereocenters. The zero-order valence-corrected chi connectivity index (χ0v) is 22.4. The van der Waals surface area contributed by atoms with Gasteiger partial charge in [-0.2, -0.15) is 0 Å². The summed E-state index contributed by atoms with van der Waals surface area (Å²) in [6.07, 6.45) is 0. The van der Waals surface area contributed by atoms with Crippen LogP contribution >= 0.6 is 0 Å². The summed E-state index contributed by atoms with van der Waals surface area (Å²) >= 11 is 0. The van der Waals surface area contributed by atoms with Crippen molar-refractivity contribution in [3.63, 3.8) is 0 Å². The molecule has 6 aromatic carbocycles. The SMILES string of the molecule is [Ru].c1ccc(-c2ccccc2)cc1.c1ccc(-c2ccccc2)cc1.c1ccc(-c2ccccc2)cc1. The summed E-state index contributed by atoms with van der Waals surface area (Å²) in [5, 5.41) is 0. The molecule has 0 saturated carbocycles. The summed E-state index contributed by atoms with van der Waals surface area (Å²) in [6.45, 7) is 0. The Morgan fingerprint density at radius 1 is 0.162 bits per heavy atom. The molecule has 0 saturated heterocycles. The van der Waals surface area contributed by atoms with E-state index in [1.165, 1.54) is 33.4 Å². The fourth-order valence-electron chi connectivity index (χ4n) is 3.78. The van der Waals surface area contributed by atoms with Gasteiger partial charge in [0, 0.05) is 19.5 Å². The maximum atomic E-state index is 2.12. The standard InChI is InChI=1S/3C12H10.Ru/c3*1-3-7-11(8-4-1)12-9-5-2-6-10-12;/h3*1-10H;. The first-order valence-electron chi connectivity index (χ1n) is 12.2. The Kier molecular flexibility index (Phi) is 11.8. The molecule has 37 heavy (non-hydrogen) atoms. The average molecular weight is 564 g/mol. The van der Waals surface area contributed by atoms with Crippen LogP contribution < -0.4 is 0 Å². The quantitative estimate of drug-likeness (QED) is 0.188. The molecule has 1 heteroatoms. The molecule has 0 aliphatic rings. The molecule has 182 valence electrons. The van der Waals surface area contributed by atoms with Crippen molar-refractivity contribution in [3.8, 4) is 33.4 Å². The molecule has 0 N–H and O–H groups in total. The summed E-state index contributed by atoms with van der Waals surface area (Å²) in [6, 6.07) is 62.3. The minimum absolute atomic E-state index is 0. The van der Waals surface area contributed by atoms with Gasteiger partial charge in [-0.15, -0.1) is 0 Å². The van der Waals surface area contributed by atoms with Crippen LogP contribution in [0.3, 0.4) is 0 Å². The monoisotopic (exact) mass is 564 g/mol. The van der Waals surface area contributed by atoms with Crippen LogP contribution in [-0.2, 0) is 19.5 Å². The van der Waals surface area contributed by atoms with Crippen molar-refractivity contribution in [2.24, 2.45) is 0 Å². The molecule has 0 amide bonds. The van der Waals surface area contributed by atoms with Gasteiger partial charge in [-0.05, 0) is 33.4 Å². The van der Waals surface area contributed by atoms with Crippen molar-refractivity contribution in [2.75, 3.05) is 0 Å². The first-order valence-corrected chi connectivity index (χ1v) is 12.2. The molecule has 0 heterocycles. The summed E-state index contributed by atoms with van der Waals surface area (Å²) in [7, 11) is 0. The Morgan fingerprint density at radius 2 is 0.270 bits per heavy atom. The molecule has 0 fully saturated rings. The fourth-order valence-corrected chi connectivity index (χ4v) is 3.78. The van der Waals surface area contributed by atoms with Crippen LogP contribution in [0.25, 0.3) is 33.4 Å². The summed E-state index contributed by atoms with van der Waals surface area (Å²) in [5.41, 5.74) is 7.66. The van der Waals surface area contributed by atoms with Gasteiger partial charge in [-0.3, -0.25) is 0 Å². The van der Waals surface area contributed by atoms with Crippen molar-refractivity contribution in [3.05, 3.63) is 182 Å². The number of hydrogen-bond acceptors (Lipinski definition) is 0. The predicted octanol–water partition coefficient (Wildman–Crippen LogP) is 10.1. The van der Waals surface area contributed by atoms with Gasteiger partial charge < -0.3 is 0 Å². The molecular weight excluding hydrogens is 533 g/mol. The zero-order valence-electron chi connectivity index (χ0n) is 20.7. The number of rotatable bonds is 3. The van der Waals surface area contributed by atoms with E-state index in [-0.39, 0.29) is 19.5 Å². The van der Waals surface area contributed by atoms with Gasteiger partial charge in [0.1, 0.15) is 0 Å². The normalized spacial score (nSPS) is 9.41. The van der Waals surface area contributed by atoms with Crippen molar-refractivity contribution < 1.29 is 19.5 Å². The van der Waals surface area contributed by atoms with Gasteiger partial charge in [0.2, 0.25) is 0 Å². The van der Waals surface area contributed by atoms with Crippen LogP contribution in [0.1, 0.15) is 0 Å². The average Bonchev–Trinajstić information content (AvgIpc) is 3.01. The van der Waals surface area contributed by atoms with Gasteiger partial charge in [0.15, 0.2) is 0 Å². The minimum atomic E-state index is 0. The predicted molar refractivity (Wildman–Crippen MR) is 156 cm³/mol. The Balaban J connectivity index is 0.000000152. The van der Waals surface area contributed by atoms with Crippen LogP contribution in [-0.4, -0.2) is 0 Å². The van der Waals surface area contributed by atoms with E-state index in [9.17, 15) is 0 Å². The first-order chi connectivity index (χ1) is 17.9. The Morgan fingerprint density at radius 3 is 0.378 bits per heavy atom. The van der Waals surface area contributed by atoms with Gasteiger partial charge in [-0.25, -0.2) is 0 Å². The van der Waals surface area contributed by atoms with Crippen molar-refractivity contribution in [1.82, 2.24) is 0 Å². The van der Waals surface area contributed by atoms with E-state index in [1.807, 2.05) is 36.4 Å². The zero-order chi connectivity index (χ0) is 24.7. The van der Waals surface area contributed by atoms with E-state index in [2.05, 4.69) is 146 Å². The smallest absolute Gasteiger partial charge is 0 e. The van der Waals surface area contributed by atoms with Gasteiger partial charge >= 0.3 is 0 Å². The molecule has 0 bridgehead atoms. The van der Waals surface area contributed by atoms with Crippen molar-refractivity contribution in [1.29, 1.82) is 0 Å². The molecule has 0 nitrogen and oxygen atoms in total. The number of benzene rings is 6. The van der Waals surface area contributed by atoms with E-state index in [0.29, 0.717) is 0 Å². The molecular formula is C36H30Ru. The van der Waals surface area contributed by atoms with Gasteiger partial charge in [0.05, 0.1) is 0 Å². The van der Waals surface area contributed by atoms with Gasteiger partial charge in [-0.1, -0.05) is 182 Å². The Bertz CT molecular complexity index is 1080. The van der Waals surface area contributed by atoms with E-state index in [4.69, 9.17) is 0 Å². The van der Waals surface area contributed by atoms with Crippen LogP contribution in [0.4, 0.5) is 0 Å². The molecule has 0 spiro atoms. The van der Waals surface area contributed by atoms with E-state index < -0.39 is 0 Å². The fraction of sp³-hybridized carbons (Fsp3) is 0.